The first-order valence-corrected chi connectivity index (χ1v) is 7.15. The van der Waals surface area contributed by atoms with Crippen molar-refractivity contribution in [2.45, 2.75) is 32.3 Å². The van der Waals surface area contributed by atoms with E-state index in [-0.39, 0.29) is 12.7 Å². The molecule has 21 heavy (non-hydrogen) atoms. The highest BCUT2D eigenvalue weighted by atomic mass is 16.5. The number of rotatable bonds is 5. The molecule has 2 heterocycles. The Balaban J connectivity index is 1.94. The van der Waals surface area contributed by atoms with Gasteiger partial charge in [0, 0.05) is 36.6 Å². The summed E-state index contributed by atoms with van der Waals surface area (Å²) < 4.78 is 16.6. The van der Waals surface area contributed by atoms with Gasteiger partial charge in [-0.1, -0.05) is 5.16 Å². The maximum absolute atomic E-state index is 8.87. The van der Waals surface area contributed by atoms with E-state index in [4.69, 9.17) is 19.1 Å². The average Bonchev–Trinajstić information content (AvgIpc) is 3.08. The Morgan fingerprint density at radius 1 is 1.38 bits per heavy atom. The summed E-state index contributed by atoms with van der Waals surface area (Å²) in [5, 5.41) is 13.0. The predicted molar refractivity (Wildman–Crippen MR) is 77.7 cm³/mol. The van der Waals surface area contributed by atoms with Crippen LogP contribution >= 0.6 is 0 Å². The summed E-state index contributed by atoms with van der Waals surface area (Å²) in [5.74, 6) is 2.42. The van der Waals surface area contributed by atoms with Gasteiger partial charge in [-0.05, 0) is 25.5 Å². The lowest BCUT2D eigenvalue weighted by atomic mass is 10.0. The predicted octanol–water partition coefficient (Wildman–Crippen LogP) is 2.60. The molecule has 5 heteroatoms. The van der Waals surface area contributed by atoms with Crippen molar-refractivity contribution in [1.29, 1.82) is 0 Å². The van der Waals surface area contributed by atoms with Gasteiger partial charge in [0.1, 0.15) is 29.1 Å². The van der Waals surface area contributed by atoms with Crippen LogP contribution in [0.2, 0.25) is 0 Å². The summed E-state index contributed by atoms with van der Waals surface area (Å²) in [4.78, 5) is 0. The number of ether oxygens (including phenoxy) is 2. The number of hydrogen-bond donors (Lipinski definition) is 1. The molecule has 0 saturated heterocycles. The number of methoxy groups -OCH3 is 1. The molecule has 1 aromatic carbocycles. The fourth-order valence-electron chi connectivity index (χ4n) is 2.62. The Hall–Kier alpha value is -2.01. The number of fused-ring (bicyclic) bond motifs is 1. The summed E-state index contributed by atoms with van der Waals surface area (Å²) in [6, 6.07) is 5.86. The second kappa shape index (κ2) is 5.77. The number of hydrogen-bond acceptors (Lipinski definition) is 5. The second-order valence-corrected chi connectivity index (χ2v) is 5.30. The van der Waals surface area contributed by atoms with Gasteiger partial charge in [-0.2, -0.15) is 0 Å². The van der Waals surface area contributed by atoms with E-state index in [1.165, 1.54) is 0 Å². The Morgan fingerprint density at radius 2 is 2.24 bits per heavy atom. The van der Waals surface area contributed by atoms with Crippen LogP contribution < -0.4 is 9.47 Å². The third kappa shape index (κ3) is 2.74. The van der Waals surface area contributed by atoms with Crippen molar-refractivity contribution in [3.05, 3.63) is 29.5 Å². The molecular weight excluding hydrogens is 270 g/mol. The molecule has 0 amide bonds. The highest BCUT2D eigenvalue weighted by Gasteiger charge is 2.23. The normalized spacial score (nSPS) is 16.6. The molecule has 2 aromatic rings. The highest BCUT2D eigenvalue weighted by molar-refractivity contribution is 5.71. The van der Waals surface area contributed by atoms with Gasteiger partial charge in [-0.3, -0.25) is 0 Å². The van der Waals surface area contributed by atoms with Crippen LogP contribution in [0.25, 0.3) is 11.3 Å². The van der Waals surface area contributed by atoms with E-state index in [1.54, 1.807) is 7.11 Å². The van der Waals surface area contributed by atoms with E-state index in [9.17, 15) is 0 Å². The van der Waals surface area contributed by atoms with Gasteiger partial charge < -0.3 is 19.1 Å². The van der Waals surface area contributed by atoms with E-state index in [2.05, 4.69) is 12.1 Å². The molecule has 1 aliphatic heterocycles. The van der Waals surface area contributed by atoms with Gasteiger partial charge in [-0.15, -0.1) is 0 Å². The lowest BCUT2D eigenvalue weighted by molar-refractivity contribution is 0.254. The van der Waals surface area contributed by atoms with Gasteiger partial charge in [0.25, 0.3) is 0 Å². The van der Waals surface area contributed by atoms with Gasteiger partial charge in [0.05, 0.1) is 7.11 Å². The van der Waals surface area contributed by atoms with Crippen LogP contribution in [0.15, 0.2) is 22.7 Å². The Labute approximate surface area is 123 Å². The third-order valence-electron chi connectivity index (χ3n) is 3.63. The maximum Gasteiger partial charge on any atom is 0.137 e. The monoisotopic (exact) mass is 289 g/mol. The van der Waals surface area contributed by atoms with Gasteiger partial charge in [0.2, 0.25) is 0 Å². The van der Waals surface area contributed by atoms with Gasteiger partial charge >= 0.3 is 0 Å². The molecule has 5 nitrogen and oxygen atoms in total. The summed E-state index contributed by atoms with van der Waals surface area (Å²) in [6.45, 7) is 2.19. The van der Waals surface area contributed by atoms with Crippen LogP contribution in [0, 0.1) is 0 Å². The molecule has 1 aliphatic rings. The molecule has 112 valence electrons. The van der Waals surface area contributed by atoms with Crippen LogP contribution in [0.1, 0.15) is 24.7 Å². The third-order valence-corrected chi connectivity index (χ3v) is 3.63. The zero-order valence-corrected chi connectivity index (χ0v) is 12.3. The van der Waals surface area contributed by atoms with Crippen LogP contribution in [0.4, 0.5) is 0 Å². The molecule has 0 bridgehead atoms. The van der Waals surface area contributed by atoms with E-state index in [0.717, 1.165) is 40.5 Å². The van der Waals surface area contributed by atoms with Crippen molar-refractivity contribution in [3.8, 4) is 22.8 Å². The standard InChI is InChI=1S/C16H19NO4/c1-10-6-11-7-16(19-2)13(9-15(11)20-10)14-8-12(21-17-14)4-3-5-18/h7-10,18H,3-6H2,1-2H3. The van der Waals surface area contributed by atoms with Gasteiger partial charge in [0.15, 0.2) is 0 Å². The minimum absolute atomic E-state index is 0.143. The van der Waals surface area contributed by atoms with Crippen molar-refractivity contribution >= 4 is 0 Å². The van der Waals surface area contributed by atoms with E-state index >= 15 is 0 Å². The molecule has 3 rings (SSSR count). The van der Waals surface area contributed by atoms with Crippen LogP contribution in [0.5, 0.6) is 11.5 Å². The number of aryl methyl sites for hydroxylation is 1. The quantitative estimate of drug-likeness (QED) is 0.916. The Bertz CT molecular complexity index is 635. The van der Waals surface area contributed by atoms with E-state index in [0.29, 0.717) is 12.8 Å². The fraction of sp³-hybridized carbons (Fsp3) is 0.438. The molecule has 0 aliphatic carbocycles. The number of aliphatic hydroxyl groups excluding tert-OH is 1. The maximum atomic E-state index is 8.87. The SMILES string of the molecule is COc1cc2c(cc1-c1cc(CCCO)on1)OC(C)C2. The summed E-state index contributed by atoms with van der Waals surface area (Å²) >= 11 is 0. The molecule has 1 N–H and O–H groups in total. The smallest absolute Gasteiger partial charge is 0.137 e. The van der Waals surface area contributed by atoms with Crippen molar-refractivity contribution in [3.63, 3.8) is 0 Å². The molecule has 0 radical (unpaired) electrons. The van der Waals surface area contributed by atoms with E-state index in [1.807, 2.05) is 18.2 Å². The zero-order chi connectivity index (χ0) is 14.8. The molecule has 0 fully saturated rings. The van der Waals surface area contributed by atoms with Crippen LogP contribution in [-0.4, -0.2) is 30.1 Å². The molecular formula is C16H19NO4. The average molecular weight is 289 g/mol. The molecule has 0 saturated carbocycles. The molecule has 1 unspecified atom stereocenters. The van der Waals surface area contributed by atoms with Crippen molar-refractivity contribution in [2.75, 3.05) is 13.7 Å². The first-order chi connectivity index (χ1) is 10.2. The van der Waals surface area contributed by atoms with Crippen molar-refractivity contribution in [2.24, 2.45) is 0 Å². The Morgan fingerprint density at radius 3 is 3.00 bits per heavy atom. The first kappa shape index (κ1) is 13.9. The van der Waals surface area contributed by atoms with Crippen molar-refractivity contribution in [1.82, 2.24) is 5.16 Å². The number of nitrogens with zero attached hydrogens (tertiary/aromatic N) is 1. The lowest BCUT2D eigenvalue weighted by Gasteiger charge is -2.08. The highest BCUT2D eigenvalue weighted by Crippen LogP contribution is 2.39. The lowest BCUT2D eigenvalue weighted by Crippen LogP contribution is -2.05. The summed E-state index contributed by atoms with van der Waals surface area (Å²) in [7, 11) is 1.65. The summed E-state index contributed by atoms with van der Waals surface area (Å²) in [6.07, 6.45) is 2.42. The molecule has 1 aromatic heterocycles. The topological polar surface area (TPSA) is 64.7 Å². The molecule has 1 atom stereocenters. The second-order valence-electron chi connectivity index (χ2n) is 5.30. The molecule has 0 spiro atoms. The number of aliphatic hydroxyl groups is 1. The minimum atomic E-state index is 0.143. The number of benzene rings is 1. The van der Waals surface area contributed by atoms with Crippen molar-refractivity contribution < 1.29 is 19.1 Å². The summed E-state index contributed by atoms with van der Waals surface area (Å²) in [5.41, 5.74) is 2.75. The minimum Gasteiger partial charge on any atom is -0.496 e. The van der Waals surface area contributed by atoms with E-state index < -0.39 is 0 Å². The largest absolute Gasteiger partial charge is 0.496 e. The number of aromatic nitrogens is 1. The first-order valence-electron chi connectivity index (χ1n) is 7.15. The zero-order valence-electron chi connectivity index (χ0n) is 12.3. The fourth-order valence-corrected chi connectivity index (χ4v) is 2.62. The van der Waals surface area contributed by atoms with Crippen LogP contribution in [0.3, 0.4) is 0 Å². The Kier molecular flexibility index (Phi) is 3.84. The van der Waals surface area contributed by atoms with Gasteiger partial charge in [-0.25, -0.2) is 0 Å². The van der Waals surface area contributed by atoms with Crippen LogP contribution in [-0.2, 0) is 12.8 Å².